The molecule has 1 heterocycles. The monoisotopic (exact) mass is 255 g/mol. The van der Waals surface area contributed by atoms with E-state index in [1.54, 1.807) is 18.9 Å². The zero-order chi connectivity index (χ0) is 12.9. The number of hydrogen-bond acceptors (Lipinski definition) is 5. The molecule has 0 fully saturated rings. The van der Waals surface area contributed by atoms with Crippen LogP contribution in [0.4, 0.5) is 5.82 Å². The van der Waals surface area contributed by atoms with Gasteiger partial charge in [0.15, 0.2) is 0 Å². The predicted molar refractivity (Wildman–Crippen MR) is 72.9 cm³/mol. The van der Waals surface area contributed by atoms with E-state index in [4.69, 9.17) is 4.74 Å². The first-order valence-corrected chi connectivity index (χ1v) is 6.65. The average molecular weight is 255 g/mol. The van der Waals surface area contributed by atoms with E-state index in [2.05, 4.69) is 36.1 Å². The van der Waals surface area contributed by atoms with Crippen molar-refractivity contribution in [2.45, 2.75) is 31.2 Å². The molecule has 17 heavy (non-hydrogen) atoms. The Bertz CT molecular complexity index is 363. The third kappa shape index (κ3) is 4.52. The van der Waals surface area contributed by atoms with Gasteiger partial charge in [-0.3, -0.25) is 0 Å². The second-order valence-corrected chi connectivity index (χ2v) is 5.87. The van der Waals surface area contributed by atoms with Crippen LogP contribution in [0, 0.1) is 0 Å². The lowest BCUT2D eigenvalue weighted by atomic mass is 9.96. The molecule has 1 aromatic rings. The van der Waals surface area contributed by atoms with Gasteiger partial charge in [0, 0.05) is 31.4 Å². The van der Waals surface area contributed by atoms with Gasteiger partial charge in [0.05, 0.1) is 6.61 Å². The minimum absolute atomic E-state index is 0.0383. The number of ether oxygens (including phenoxy) is 1. The summed E-state index contributed by atoms with van der Waals surface area (Å²) in [6, 6.07) is 1.97. The van der Waals surface area contributed by atoms with Crippen molar-refractivity contribution in [1.29, 1.82) is 0 Å². The third-order valence-electron chi connectivity index (χ3n) is 2.17. The highest BCUT2D eigenvalue weighted by atomic mass is 32.2. The average Bonchev–Trinajstić information content (AvgIpc) is 2.28. The van der Waals surface area contributed by atoms with Crippen LogP contribution in [0.15, 0.2) is 11.1 Å². The number of nitrogens with one attached hydrogen (secondary N) is 1. The largest absolute Gasteiger partial charge is 0.384 e. The van der Waals surface area contributed by atoms with Gasteiger partial charge in [0.1, 0.15) is 16.7 Å². The minimum atomic E-state index is -0.0383. The van der Waals surface area contributed by atoms with Crippen LogP contribution in [0.5, 0.6) is 0 Å². The van der Waals surface area contributed by atoms with Crippen molar-refractivity contribution in [3.05, 3.63) is 11.9 Å². The van der Waals surface area contributed by atoms with Gasteiger partial charge in [-0.05, 0) is 0 Å². The van der Waals surface area contributed by atoms with Crippen molar-refractivity contribution in [1.82, 2.24) is 9.97 Å². The molecule has 0 saturated carbocycles. The fourth-order valence-corrected chi connectivity index (χ4v) is 2.00. The highest BCUT2D eigenvalue weighted by Gasteiger charge is 2.18. The number of rotatable bonds is 5. The lowest BCUT2D eigenvalue weighted by Gasteiger charge is -2.18. The Hall–Kier alpha value is -0.810. The van der Waals surface area contributed by atoms with Gasteiger partial charge in [-0.25, -0.2) is 9.97 Å². The maximum absolute atomic E-state index is 5.04. The van der Waals surface area contributed by atoms with Crippen molar-refractivity contribution in [2.24, 2.45) is 0 Å². The van der Waals surface area contributed by atoms with Crippen LogP contribution in [0.2, 0.25) is 0 Å². The molecular formula is C12H21N3OS. The van der Waals surface area contributed by atoms with Gasteiger partial charge in [0.2, 0.25) is 0 Å². The number of thioether (sulfide) groups is 1. The van der Waals surface area contributed by atoms with Gasteiger partial charge >= 0.3 is 0 Å². The molecule has 0 amide bonds. The van der Waals surface area contributed by atoms with E-state index in [0.29, 0.717) is 0 Å². The van der Waals surface area contributed by atoms with Crippen LogP contribution in [0.1, 0.15) is 26.6 Å². The third-order valence-corrected chi connectivity index (χ3v) is 3.04. The number of methoxy groups -OCH3 is 1. The predicted octanol–water partition coefficient (Wildman–Crippen LogP) is 2.55. The van der Waals surface area contributed by atoms with Crippen molar-refractivity contribution in [3.8, 4) is 0 Å². The van der Waals surface area contributed by atoms with Crippen LogP contribution in [0.25, 0.3) is 0 Å². The SMILES string of the molecule is CNc1cc(SCCOC)nc(C(C)(C)C)n1. The molecule has 1 N–H and O–H groups in total. The smallest absolute Gasteiger partial charge is 0.137 e. The summed E-state index contributed by atoms with van der Waals surface area (Å²) in [6.45, 7) is 7.08. The van der Waals surface area contributed by atoms with Gasteiger partial charge in [-0.2, -0.15) is 0 Å². The van der Waals surface area contributed by atoms with E-state index in [1.807, 2.05) is 13.1 Å². The summed E-state index contributed by atoms with van der Waals surface area (Å²) in [5, 5.41) is 4.07. The van der Waals surface area contributed by atoms with E-state index in [0.717, 1.165) is 29.0 Å². The summed E-state index contributed by atoms with van der Waals surface area (Å²) < 4.78 is 5.04. The number of aromatic nitrogens is 2. The van der Waals surface area contributed by atoms with Gasteiger partial charge < -0.3 is 10.1 Å². The van der Waals surface area contributed by atoms with Gasteiger partial charge in [-0.15, -0.1) is 11.8 Å². The molecule has 0 aromatic carbocycles. The zero-order valence-electron chi connectivity index (χ0n) is 11.2. The van der Waals surface area contributed by atoms with E-state index >= 15 is 0 Å². The maximum atomic E-state index is 5.04. The molecule has 0 radical (unpaired) electrons. The van der Waals surface area contributed by atoms with Crippen LogP contribution in [-0.2, 0) is 10.2 Å². The molecule has 0 aliphatic carbocycles. The first kappa shape index (κ1) is 14.3. The summed E-state index contributed by atoms with van der Waals surface area (Å²) in [4.78, 5) is 9.07. The fourth-order valence-electron chi connectivity index (χ4n) is 1.19. The molecule has 0 aliphatic heterocycles. The highest BCUT2D eigenvalue weighted by molar-refractivity contribution is 7.99. The van der Waals surface area contributed by atoms with E-state index < -0.39 is 0 Å². The lowest BCUT2D eigenvalue weighted by Crippen LogP contribution is -2.17. The Labute approximate surface area is 108 Å². The van der Waals surface area contributed by atoms with Gasteiger partial charge in [0.25, 0.3) is 0 Å². The normalized spacial score (nSPS) is 11.6. The van der Waals surface area contributed by atoms with Crippen LogP contribution < -0.4 is 5.32 Å². The summed E-state index contributed by atoms with van der Waals surface area (Å²) in [6.07, 6.45) is 0. The van der Waals surface area contributed by atoms with Crippen molar-refractivity contribution in [2.75, 3.05) is 31.8 Å². The second kappa shape index (κ2) is 6.21. The van der Waals surface area contributed by atoms with E-state index in [9.17, 15) is 0 Å². The number of hydrogen-bond donors (Lipinski definition) is 1. The first-order chi connectivity index (χ1) is 7.97. The van der Waals surface area contributed by atoms with Crippen LogP contribution in [-0.4, -0.2) is 36.5 Å². The number of nitrogens with zero attached hydrogens (tertiary/aromatic N) is 2. The van der Waals surface area contributed by atoms with Crippen molar-refractivity contribution >= 4 is 17.6 Å². The molecule has 0 saturated heterocycles. The highest BCUT2D eigenvalue weighted by Crippen LogP contribution is 2.24. The zero-order valence-corrected chi connectivity index (χ0v) is 12.0. The molecule has 0 bridgehead atoms. The molecule has 4 nitrogen and oxygen atoms in total. The molecule has 0 unspecified atom stereocenters. The molecule has 1 rings (SSSR count). The molecule has 0 aliphatic rings. The van der Waals surface area contributed by atoms with E-state index in [1.165, 1.54) is 0 Å². The summed E-state index contributed by atoms with van der Waals surface area (Å²) in [5.74, 6) is 2.63. The molecule has 96 valence electrons. The summed E-state index contributed by atoms with van der Waals surface area (Å²) >= 11 is 1.69. The Morgan fingerprint density at radius 3 is 2.59 bits per heavy atom. The van der Waals surface area contributed by atoms with Crippen LogP contribution in [0.3, 0.4) is 0 Å². The molecule has 0 spiro atoms. The topological polar surface area (TPSA) is 47.0 Å². The fraction of sp³-hybridized carbons (Fsp3) is 0.667. The quantitative estimate of drug-likeness (QED) is 0.498. The Morgan fingerprint density at radius 1 is 1.35 bits per heavy atom. The molecule has 1 aromatic heterocycles. The van der Waals surface area contributed by atoms with Crippen molar-refractivity contribution in [3.63, 3.8) is 0 Å². The Kier molecular flexibility index (Phi) is 5.21. The summed E-state index contributed by atoms with van der Waals surface area (Å²) in [5.41, 5.74) is -0.0383. The standard InChI is InChI=1S/C12H21N3OS/c1-12(2,3)11-14-9(13-4)8-10(15-11)17-7-6-16-5/h8H,6-7H2,1-5H3,(H,13,14,15). The number of anilines is 1. The molecule has 5 heteroatoms. The Balaban J connectivity index is 2.89. The second-order valence-electron chi connectivity index (χ2n) is 4.76. The summed E-state index contributed by atoms with van der Waals surface area (Å²) in [7, 11) is 3.58. The first-order valence-electron chi connectivity index (χ1n) is 5.66. The lowest BCUT2D eigenvalue weighted by molar-refractivity contribution is 0.218. The van der Waals surface area contributed by atoms with Crippen LogP contribution >= 0.6 is 11.8 Å². The van der Waals surface area contributed by atoms with Gasteiger partial charge in [-0.1, -0.05) is 20.8 Å². The Morgan fingerprint density at radius 2 is 2.06 bits per heavy atom. The van der Waals surface area contributed by atoms with Crippen molar-refractivity contribution < 1.29 is 4.74 Å². The van der Waals surface area contributed by atoms with E-state index in [-0.39, 0.29) is 5.41 Å². The molecule has 0 atom stereocenters. The minimum Gasteiger partial charge on any atom is -0.384 e. The molecular weight excluding hydrogens is 234 g/mol. The maximum Gasteiger partial charge on any atom is 0.137 e.